The highest BCUT2D eigenvalue weighted by molar-refractivity contribution is 5.95. The number of nitrogens with one attached hydrogen (secondary N) is 1. The fraction of sp³-hybridized carbons (Fsp3) is 0.333. The Bertz CT molecular complexity index is 1100. The van der Waals surface area contributed by atoms with Gasteiger partial charge in [0.05, 0.1) is 30.2 Å². The van der Waals surface area contributed by atoms with Crippen LogP contribution in [0.15, 0.2) is 57.6 Å². The Morgan fingerprint density at radius 2 is 1.59 bits per heavy atom. The molecule has 0 aliphatic heterocycles. The Labute approximate surface area is 186 Å². The van der Waals surface area contributed by atoms with Crippen LogP contribution in [0.5, 0.6) is 0 Å². The summed E-state index contributed by atoms with van der Waals surface area (Å²) in [6.07, 6.45) is 2.11. The summed E-state index contributed by atoms with van der Waals surface area (Å²) in [5, 5.41) is 15.1. The van der Waals surface area contributed by atoms with Crippen molar-refractivity contribution in [2.75, 3.05) is 6.54 Å². The van der Waals surface area contributed by atoms with Crippen molar-refractivity contribution in [1.29, 1.82) is 0 Å². The highest BCUT2D eigenvalue weighted by Crippen LogP contribution is 2.18. The van der Waals surface area contributed by atoms with Crippen LogP contribution in [0, 0.1) is 13.8 Å². The van der Waals surface area contributed by atoms with E-state index in [1.54, 1.807) is 0 Å². The predicted molar refractivity (Wildman–Crippen MR) is 119 cm³/mol. The van der Waals surface area contributed by atoms with Gasteiger partial charge in [-0.15, -0.1) is 0 Å². The highest BCUT2D eigenvalue weighted by Gasteiger charge is 2.15. The van der Waals surface area contributed by atoms with E-state index in [1.165, 1.54) is 0 Å². The largest absolute Gasteiger partial charge is 0.360 e. The summed E-state index contributed by atoms with van der Waals surface area (Å²) in [6.45, 7) is 5.85. The average Bonchev–Trinajstić information content (AvgIpc) is 3.53. The molecular formula is C24H27N5O3. The van der Waals surface area contributed by atoms with Gasteiger partial charge in [0.2, 0.25) is 0 Å². The van der Waals surface area contributed by atoms with E-state index in [2.05, 4.69) is 25.4 Å². The number of Topliss-reactive ketones (excluding diaryl/α,β-unsaturated/α-hetero) is 1. The zero-order chi connectivity index (χ0) is 22.3. The summed E-state index contributed by atoms with van der Waals surface area (Å²) in [7, 11) is 0. The van der Waals surface area contributed by atoms with Gasteiger partial charge in [0.15, 0.2) is 17.3 Å². The van der Waals surface area contributed by atoms with E-state index in [-0.39, 0.29) is 5.78 Å². The lowest BCUT2D eigenvalue weighted by molar-refractivity contribution is 0.0971. The van der Waals surface area contributed by atoms with Crippen LogP contribution < -0.4 is 0 Å². The molecule has 0 saturated carbocycles. The van der Waals surface area contributed by atoms with Crippen LogP contribution in [0.2, 0.25) is 0 Å². The fourth-order valence-corrected chi connectivity index (χ4v) is 3.61. The number of rotatable bonds is 11. The van der Waals surface area contributed by atoms with Gasteiger partial charge >= 0.3 is 0 Å². The molecule has 166 valence electrons. The molecule has 0 spiro atoms. The smallest absolute Gasteiger partial charge is 0.180 e. The normalized spacial score (nSPS) is 11.3. The van der Waals surface area contributed by atoms with Crippen molar-refractivity contribution in [3.8, 4) is 11.3 Å². The molecule has 3 aromatic heterocycles. The molecule has 0 saturated heterocycles. The second-order valence-corrected chi connectivity index (χ2v) is 7.99. The maximum absolute atomic E-state index is 12.6. The van der Waals surface area contributed by atoms with Crippen molar-refractivity contribution >= 4 is 5.78 Å². The van der Waals surface area contributed by atoms with Gasteiger partial charge in [0.25, 0.3) is 0 Å². The first-order valence-electron chi connectivity index (χ1n) is 10.8. The number of aromatic nitrogens is 4. The molecule has 4 rings (SSSR count). The van der Waals surface area contributed by atoms with Crippen molar-refractivity contribution in [3.63, 3.8) is 0 Å². The van der Waals surface area contributed by atoms with Crippen LogP contribution in [-0.2, 0) is 13.1 Å². The zero-order valence-electron chi connectivity index (χ0n) is 18.4. The molecule has 3 heterocycles. The van der Waals surface area contributed by atoms with Crippen LogP contribution in [0.25, 0.3) is 11.3 Å². The standard InChI is InChI=1S/C24H27N5O3/c1-17-12-20(31-27-17)15-29(16-21-13-18(2)28-32-21)11-7-6-10-24(30)23-14-22(25-26-23)19-8-4-3-5-9-19/h3-5,8-9,12-14H,6-7,10-11,15-16H2,1-2H3,(H,25,26). The third-order valence-electron chi connectivity index (χ3n) is 5.19. The lowest BCUT2D eigenvalue weighted by Gasteiger charge is -2.19. The first kappa shape index (κ1) is 21.7. The van der Waals surface area contributed by atoms with Crippen LogP contribution in [0.1, 0.15) is 52.7 Å². The minimum absolute atomic E-state index is 0.0722. The number of hydrogen-bond donors (Lipinski definition) is 1. The van der Waals surface area contributed by atoms with Crippen LogP contribution in [0.4, 0.5) is 0 Å². The van der Waals surface area contributed by atoms with Gasteiger partial charge in [-0.1, -0.05) is 40.6 Å². The van der Waals surface area contributed by atoms with Crippen LogP contribution in [0.3, 0.4) is 0 Å². The van der Waals surface area contributed by atoms with Gasteiger partial charge < -0.3 is 9.05 Å². The molecule has 0 amide bonds. The topological polar surface area (TPSA) is 101 Å². The van der Waals surface area contributed by atoms with E-state index < -0.39 is 0 Å². The third-order valence-corrected chi connectivity index (χ3v) is 5.19. The molecule has 8 nitrogen and oxygen atoms in total. The maximum atomic E-state index is 12.6. The molecule has 0 unspecified atom stereocenters. The minimum Gasteiger partial charge on any atom is -0.360 e. The number of benzene rings is 1. The van der Waals surface area contributed by atoms with E-state index in [0.717, 1.165) is 53.6 Å². The lowest BCUT2D eigenvalue weighted by Crippen LogP contribution is -2.23. The summed E-state index contributed by atoms with van der Waals surface area (Å²) < 4.78 is 10.8. The minimum atomic E-state index is 0.0722. The number of H-pyrrole nitrogens is 1. The first-order valence-corrected chi connectivity index (χ1v) is 10.8. The van der Waals surface area contributed by atoms with E-state index in [0.29, 0.717) is 25.2 Å². The second kappa shape index (κ2) is 10.2. The summed E-state index contributed by atoms with van der Waals surface area (Å²) in [6, 6.07) is 15.5. The lowest BCUT2D eigenvalue weighted by atomic mass is 10.1. The quantitative estimate of drug-likeness (QED) is 0.270. The number of unbranched alkanes of at least 4 members (excludes halogenated alkanes) is 1. The number of nitrogens with zero attached hydrogens (tertiary/aromatic N) is 4. The third kappa shape index (κ3) is 5.79. The Morgan fingerprint density at radius 3 is 2.19 bits per heavy atom. The van der Waals surface area contributed by atoms with E-state index in [1.807, 2.05) is 62.4 Å². The molecule has 0 aliphatic rings. The average molecular weight is 434 g/mol. The number of aryl methyl sites for hydroxylation is 2. The molecule has 0 radical (unpaired) electrons. The number of carbonyl (C=O) groups excluding carboxylic acids is 1. The van der Waals surface area contributed by atoms with Crippen LogP contribution >= 0.6 is 0 Å². The molecule has 1 aromatic carbocycles. The number of ketones is 1. The number of hydrogen-bond acceptors (Lipinski definition) is 7. The Morgan fingerprint density at radius 1 is 0.938 bits per heavy atom. The SMILES string of the molecule is Cc1cc(CN(CCCCC(=O)c2cc(-c3ccccc3)n[nH]2)Cc2cc(C)no2)on1. The molecule has 0 bridgehead atoms. The number of aromatic amines is 1. The molecule has 0 aliphatic carbocycles. The van der Waals surface area contributed by atoms with Gasteiger partial charge in [-0.05, 0) is 39.3 Å². The van der Waals surface area contributed by atoms with Gasteiger partial charge in [-0.3, -0.25) is 14.8 Å². The first-order chi connectivity index (χ1) is 15.6. The zero-order valence-corrected chi connectivity index (χ0v) is 18.4. The molecule has 1 N–H and O–H groups in total. The van der Waals surface area contributed by atoms with Crippen LogP contribution in [-0.4, -0.2) is 37.7 Å². The summed E-state index contributed by atoms with van der Waals surface area (Å²) >= 11 is 0. The molecule has 0 atom stereocenters. The molecule has 0 fully saturated rings. The summed E-state index contributed by atoms with van der Waals surface area (Å²) in [4.78, 5) is 14.8. The molecule has 8 heteroatoms. The fourth-order valence-electron chi connectivity index (χ4n) is 3.61. The Hall–Kier alpha value is -3.52. The number of carbonyl (C=O) groups is 1. The molecule has 32 heavy (non-hydrogen) atoms. The predicted octanol–water partition coefficient (Wildman–Crippen LogP) is 4.72. The van der Waals surface area contributed by atoms with Crippen molar-refractivity contribution in [2.24, 2.45) is 0 Å². The van der Waals surface area contributed by atoms with Crippen molar-refractivity contribution in [1.82, 2.24) is 25.4 Å². The van der Waals surface area contributed by atoms with Crippen molar-refractivity contribution in [2.45, 2.75) is 46.2 Å². The van der Waals surface area contributed by atoms with E-state index in [4.69, 9.17) is 9.05 Å². The summed E-state index contributed by atoms with van der Waals surface area (Å²) in [5.74, 6) is 1.68. The van der Waals surface area contributed by atoms with E-state index in [9.17, 15) is 4.79 Å². The van der Waals surface area contributed by atoms with Crippen molar-refractivity contribution < 1.29 is 13.8 Å². The Kier molecular flexibility index (Phi) is 6.91. The van der Waals surface area contributed by atoms with Gasteiger partial charge in [-0.2, -0.15) is 5.10 Å². The Balaban J connectivity index is 1.29. The second-order valence-electron chi connectivity index (χ2n) is 7.99. The molecule has 4 aromatic rings. The van der Waals surface area contributed by atoms with Gasteiger partial charge in [0, 0.05) is 24.1 Å². The van der Waals surface area contributed by atoms with E-state index >= 15 is 0 Å². The van der Waals surface area contributed by atoms with Gasteiger partial charge in [-0.25, -0.2) is 0 Å². The van der Waals surface area contributed by atoms with Crippen molar-refractivity contribution in [3.05, 3.63) is 77.1 Å². The maximum Gasteiger partial charge on any atom is 0.180 e. The monoisotopic (exact) mass is 433 g/mol. The summed E-state index contributed by atoms with van der Waals surface area (Å²) in [5.41, 5.74) is 4.04. The molecular weight excluding hydrogens is 406 g/mol. The van der Waals surface area contributed by atoms with Gasteiger partial charge in [0.1, 0.15) is 5.69 Å². The highest BCUT2D eigenvalue weighted by atomic mass is 16.5.